The van der Waals surface area contributed by atoms with Crippen molar-refractivity contribution in [3.63, 3.8) is 0 Å². The zero-order valence-corrected chi connectivity index (χ0v) is 14.3. The number of ether oxygens (including phenoxy) is 1. The van der Waals surface area contributed by atoms with Gasteiger partial charge in [-0.1, -0.05) is 36.4 Å². The number of benzene rings is 1. The Bertz CT molecular complexity index is 607. The molecule has 0 aromatic heterocycles. The molecule has 0 radical (unpaired) electrons. The molecule has 1 aromatic carbocycles. The van der Waals surface area contributed by atoms with Gasteiger partial charge in [-0.25, -0.2) is 0 Å². The minimum absolute atomic E-state index is 0.176. The fraction of sp³-hybridized carbons (Fsp3) is 0.550. The van der Waals surface area contributed by atoms with Gasteiger partial charge in [0, 0.05) is 50.2 Å². The van der Waals surface area contributed by atoms with Gasteiger partial charge in [0.25, 0.3) is 0 Å². The fourth-order valence-corrected chi connectivity index (χ4v) is 4.40. The Morgan fingerprint density at radius 2 is 1.83 bits per heavy atom. The van der Waals surface area contributed by atoms with E-state index in [-0.39, 0.29) is 5.92 Å². The molecule has 2 bridgehead atoms. The number of carbonyl (C=O) groups excluding carboxylic acids is 1. The van der Waals surface area contributed by atoms with Gasteiger partial charge in [-0.05, 0) is 30.9 Å². The summed E-state index contributed by atoms with van der Waals surface area (Å²) in [5.41, 5.74) is 2.64. The van der Waals surface area contributed by atoms with Crippen molar-refractivity contribution in [2.24, 2.45) is 5.92 Å². The zero-order valence-electron chi connectivity index (χ0n) is 14.3. The highest BCUT2D eigenvalue weighted by Gasteiger charge is 2.48. The van der Waals surface area contributed by atoms with Crippen molar-refractivity contribution in [3.05, 3.63) is 41.5 Å². The second-order valence-corrected chi connectivity index (χ2v) is 7.20. The van der Waals surface area contributed by atoms with Crippen molar-refractivity contribution in [3.8, 4) is 0 Å². The van der Waals surface area contributed by atoms with Crippen LogP contribution in [0.5, 0.6) is 0 Å². The molecule has 4 saturated heterocycles. The second kappa shape index (κ2) is 6.69. The largest absolute Gasteiger partial charge is 0.381 e. The summed E-state index contributed by atoms with van der Waals surface area (Å²) in [6.45, 7) is 5.19. The molecule has 4 heteroatoms. The van der Waals surface area contributed by atoms with Gasteiger partial charge in [-0.2, -0.15) is 0 Å². The average molecular weight is 326 g/mol. The monoisotopic (exact) mass is 326 g/mol. The second-order valence-electron chi connectivity index (χ2n) is 7.20. The molecule has 5 rings (SSSR count). The third-order valence-corrected chi connectivity index (χ3v) is 5.69. The summed E-state index contributed by atoms with van der Waals surface area (Å²) in [5.74, 6) is 1.06. The van der Waals surface area contributed by atoms with Gasteiger partial charge in [-0.15, -0.1) is 0 Å². The third-order valence-electron chi connectivity index (χ3n) is 5.69. The first-order valence-corrected chi connectivity index (χ1v) is 9.11. The first-order valence-electron chi connectivity index (χ1n) is 9.11. The molecule has 1 amide bonds. The number of carbonyl (C=O) groups is 1. The van der Waals surface area contributed by atoms with Crippen molar-refractivity contribution >= 4 is 12.0 Å². The molecule has 0 spiro atoms. The van der Waals surface area contributed by atoms with Crippen LogP contribution in [0.3, 0.4) is 0 Å². The highest BCUT2D eigenvalue weighted by atomic mass is 16.5. The predicted octanol–water partition coefficient (Wildman–Crippen LogP) is 2.41. The van der Waals surface area contributed by atoms with Gasteiger partial charge >= 0.3 is 0 Å². The molecule has 4 aliphatic rings. The molecule has 1 unspecified atom stereocenters. The first kappa shape index (κ1) is 15.9. The van der Waals surface area contributed by atoms with Gasteiger partial charge in [0.15, 0.2) is 0 Å². The Kier molecular flexibility index (Phi) is 4.42. The van der Waals surface area contributed by atoms with E-state index < -0.39 is 0 Å². The molecular formula is C20H26N2O2. The van der Waals surface area contributed by atoms with Gasteiger partial charge in [0.05, 0.1) is 0 Å². The molecule has 0 aliphatic carbocycles. The Labute approximate surface area is 143 Å². The van der Waals surface area contributed by atoms with E-state index in [2.05, 4.69) is 46.6 Å². The highest BCUT2D eigenvalue weighted by Crippen LogP contribution is 2.37. The van der Waals surface area contributed by atoms with Crippen LogP contribution in [0.15, 0.2) is 30.3 Å². The van der Waals surface area contributed by atoms with E-state index in [0.717, 1.165) is 39.1 Å². The Morgan fingerprint density at radius 1 is 1.17 bits per heavy atom. The van der Waals surface area contributed by atoms with E-state index in [0.29, 0.717) is 23.9 Å². The lowest BCUT2D eigenvalue weighted by Gasteiger charge is -2.55. The summed E-state index contributed by atoms with van der Waals surface area (Å²) < 4.78 is 5.38. The highest BCUT2D eigenvalue weighted by molar-refractivity contribution is 5.79. The van der Waals surface area contributed by atoms with Crippen molar-refractivity contribution in [1.82, 2.24) is 10.2 Å². The normalized spacial score (nSPS) is 30.4. The number of amides is 1. The number of nitrogens with zero attached hydrogens (tertiary/aromatic N) is 1. The summed E-state index contributed by atoms with van der Waals surface area (Å²) in [5, 5.41) is 3.62. The maximum absolute atomic E-state index is 12.7. The van der Waals surface area contributed by atoms with Gasteiger partial charge in [0.1, 0.15) is 0 Å². The molecule has 4 fully saturated rings. The molecule has 4 aliphatic heterocycles. The standard InChI is InChI=1S/C20H26N2O2/c1-2-3-14-4-6-15(7-5-14)19-17-12-22(13-18(19)21-17)20(23)16-8-10-24-11-9-16/h2-7,16-19,21H,8-13H2,1H3/b3-2+/t17-,18+,19?. The van der Waals surface area contributed by atoms with Crippen LogP contribution >= 0.6 is 0 Å². The van der Waals surface area contributed by atoms with Crippen LogP contribution in [0, 0.1) is 5.92 Å². The lowest BCUT2D eigenvalue weighted by Crippen LogP contribution is -2.72. The number of piperazine rings is 1. The van der Waals surface area contributed by atoms with Crippen LogP contribution in [-0.2, 0) is 9.53 Å². The third kappa shape index (κ3) is 2.89. The van der Waals surface area contributed by atoms with E-state index in [1.54, 1.807) is 0 Å². The number of nitrogens with one attached hydrogen (secondary N) is 1. The Balaban J connectivity index is 1.40. The summed E-state index contributed by atoms with van der Waals surface area (Å²) >= 11 is 0. The lowest BCUT2D eigenvalue weighted by atomic mass is 9.74. The fourth-order valence-electron chi connectivity index (χ4n) is 4.40. The van der Waals surface area contributed by atoms with Crippen molar-refractivity contribution in [2.45, 2.75) is 37.8 Å². The number of hydrogen-bond donors (Lipinski definition) is 1. The molecular weight excluding hydrogens is 300 g/mol. The first-order chi connectivity index (χ1) is 11.8. The quantitative estimate of drug-likeness (QED) is 0.927. The molecule has 1 N–H and O–H groups in total. The van der Waals surface area contributed by atoms with Crippen LogP contribution in [0.25, 0.3) is 6.08 Å². The Hall–Kier alpha value is -1.65. The average Bonchev–Trinajstić information content (AvgIpc) is 2.63. The minimum Gasteiger partial charge on any atom is -0.381 e. The smallest absolute Gasteiger partial charge is 0.225 e. The molecule has 3 atom stereocenters. The summed E-state index contributed by atoms with van der Waals surface area (Å²) in [7, 11) is 0. The summed E-state index contributed by atoms with van der Waals surface area (Å²) in [4.78, 5) is 14.8. The molecule has 24 heavy (non-hydrogen) atoms. The van der Waals surface area contributed by atoms with E-state index in [1.807, 2.05) is 6.92 Å². The van der Waals surface area contributed by atoms with Gasteiger partial charge < -0.3 is 15.0 Å². The van der Waals surface area contributed by atoms with Crippen LogP contribution in [0.2, 0.25) is 0 Å². The van der Waals surface area contributed by atoms with E-state index in [1.165, 1.54) is 11.1 Å². The number of rotatable bonds is 3. The molecule has 4 nitrogen and oxygen atoms in total. The van der Waals surface area contributed by atoms with Crippen LogP contribution in [0.1, 0.15) is 36.8 Å². The van der Waals surface area contributed by atoms with Crippen LogP contribution in [0.4, 0.5) is 0 Å². The predicted molar refractivity (Wildman–Crippen MR) is 94.7 cm³/mol. The maximum atomic E-state index is 12.7. The zero-order chi connectivity index (χ0) is 16.5. The number of piperidine rings is 1. The van der Waals surface area contributed by atoms with Crippen LogP contribution < -0.4 is 5.32 Å². The summed E-state index contributed by atoms with van der Waals surface area (Å²) in [6, 6.07) is 9.68. The number of fused-ring (bicyclic) bond motifs is 2. The lowest BCUT2D eigenvalue weighted by molar-refractivity contribution is -0.143. The number of allylic oxidation sites excluding steroid dienone is 1. The number of hydrogen-bond acceptors (Lipinski definition) is 3. The molecule has 1 aromatic rings. The van der Waals surface area contributed by atoms with Crippen LogP contribution in [-0.4, -0.2) is 49.2 Å². The topological polar surface area (TPSA) is 41.6 Å². The minimum atomic E-state index is 0.176. The van der Waals surface area contributed by atoms with E-state index in [9.17, 15) is 4.79 Å². The van der Waals surface area contributed by atoms with Gasteiger partial charge in [0.2, 0.25) is 5.91 Å². The van der Waals surface area contributed by atoms with Crippen molar-refractivity contribution < 1.29 is 9.53 Å². The van der Waals surface area contributed by atoms with E-state index in [4.69, 9.17) is 4.74 Å². The molecule has 0 saturated carbocycles. The van der Waals surface area contributed by atoms with Crippen molar-refractivity contribution in [2.75, 3.05) is 26.3 Å². The van der Waals surface area contributed by atoms with Gasteiger partial charge in [-0.3, -0.25) is 4.79 Å². The van der Waals surface area contributed by atoms with E-state index >= 15 is 0 Å². The maximum Gasteiger partial charge on any atom is 0.225 e. The molecule has 128 valence electrons. The molecule has 4 heterocycles. The SMILES string of the molecule is C/C=C/c1ccc(C2[C@@H]3CN(C(=O)C4CCOCC4)C[C@H]2N3)cc1. The summed E-state index contributed by atoms with van der Waals surface area (Å²) in [6.07, 6.45) is 5.95. The van der Waals surface area contributed by atoms with Crippen molar-refractivity contribution in [1.29, 1.82) is 0 Å². The Morgan fingerprint density at radius 3 is 2.46 bits per heavy atom.